The fourth-order valence-electron chi connectivity index (χ4n) is 1.96. The molecule has 1 fully saturated rings. The zero-order valence-electron chi connectivity index (χ0n) is 9.52. The molecule has 8 heteroatoms. The molecule has 0 aromatic heterocycles. The van der Waals surface area contributed by atoms with E-state index in [1.165, 1.54) is 0 Å². The van der Waals surface area contributed by atoms with Crippen LogP contribution in [0.25, 0.3) is 0 Å². The third-order valence-electron chi connectivity index (χ3n) is 2.94. The molecule has 0 bridgehead atoms. The fourth-order valence-corrected chi connectivity index (χ4v) is 1.96. The van der Waals surface area contributed by atoms with Crippen molar-refractivity contribution in [3.63, 3.8) is 0 Å². The van der Waals surface area contributed by atoms with Crippen LogP contribution in [0.1, 0.15) is 12.8 Å². The molecule has 1 heterocycles. The molecule has 1 aromatic carbocycles. The first-order valence-electron chi connectivity index (χ1n) is 5.44. The van der Waals surface area contributed by atoms with E-state index in [2.05, 4.69) is 0 Å². The van der Waals surface area contributed by atoms with Crippen LogP contribution in [-0.2, 0) is 4.79 Å². The monoisotopic (exact) mass is 280 g/mol. The molecule has 1 unspecified atom stereocenters. The summed E-state index contributed by atoms with van der Waals surface area (Å²) >= 11 is 0. The number of hydrogen-bond donors (Lipinski definition) is 1. The Morgan fingerprint density at radius 3 is 1.95 bits per heavy atom. The zero-order chi connectivity index (χ0) is 14.3. The topological polar surface area (TPSA) is 46.3 Å². The smallest absolute Gasteiger partial charge is 0.244 e. The van der Waals surface area contributed by atoms with Crippen LogP contribution in [0.5, 0.6) is 0 Å². The molecule has 2 rings (SSSR count). The molecule has 1 aromatic rings. The van der Waals surface area contributed by atoms with E-state index in [4.69, 9.17) is 5.73 Å². The second kappa shape index (κ2) is 4.76. The van der Waals surface area contributed by atoms with Crippen LogP contribution in [0.15, 0.2) is 0 Å². The fraction of sp³-hybridized carbons (Fsp3) is 0.364. The van der Waals surface area contributed by atoms with Gasteiger partial charge in [-0.05, 0) is 12.8 Å². The highest BCUT2D eigenvalue weighted by Crippen LogP contribution is 2.32. The molecule has 0 saturated carbocycles. The quantitative estimate of drug-likeness (QED) is 0.484. The molecule has 3 nitrogen and oxygen atoms in total. The van der Waals surface area contributed by atoms with Gasteiger partial charge in [-0.25, -0.2) is 22.0 Å². The number of amides is 1. The lowest BCUT2D eigenvalue weighted by Crippen LogP contribution is -2.49. The van der Waals surface area contributed by atoms with Crippen LogP contribution in [0.4, 0.5) is 27.6 Å². The van der Waals surface area contributed by atoms with Gasteiger partial charge in [0, 0.05) is 6.54 Å². The first-order valence-corrected chi connectivity index (χ1v) is 5.44. The highest BCUT2D eigenvalue weighted by Gasteiger charge is 2.35. The Bertz CT molecular complexity index is 519. The van der Waals surface area contributed by atoms with Crippen molar-refractivity contribution in [3.8, 4) is 0 Å². The third-order valence-corrected chi connectivity index (χ3v) is 2.94. The van der Waals surface area contributed by atoms with Gasteiger partial charge in [0.15, 0.2) is 23.3 Å². The number of nitrogens with two attached hydrogens (primary N) is 1. The Balaban J connectivity index is 2.59. The standard InChI is InChI=1S/C11H9F5N2O/c12-5-6(13)8(15)10(9(16)7(5)14)18-3-1-2-4(17)11(18)19/h4H,1-3,17H2. The largest absolute Gasteiger partial charge is 0.320 e. The molecule has 1 aliphatic rings. The minimum absolute atomic E-state index is 0.148. The molecule has 2 N–H and O–H groups in total. The predicted octanol–water partition coefficient (Wildman–Crippen LogP) is 1.84. The van der Waals surface area contributed by atoms with Crippen molar-refractivity contribution < 1.29 is 26.7 Å². The summed E-state index contributed by atoms with van der Waals surface area (Å²) in [5.74, 6) is -11.3. The number of carbonyl (C=O) groups excluding carboxylic acids is 1. The summed E-state index contributed by atoms with van der Waals surface area (Å²) in [5, 5.41) is 0. The van der Waals surface area contributed by atoms with Crippen LogP contribution < -0.4 is 10.6 Å². The van der Waals surface area contributed by atoms with E-state index >= 15 is 0 Å². The van der Waals surface area contributed by atoms with Gasteiger partial charge in [-0.1, -0.05) is 0 Å². The Hall–Kier alpha value is -1.70. The van der Waals surface area contributed by atoms with Gasteiger partial charge in [0.1, 0.15) is 5.69 Å². The van der Waals surface area contributed by atoms with E-state index in [1.54, 1.807) is 0 Å². The average molecular weight is 280 g/mol. The Morgan fingerprint density at radius 1 is 0.947 bits per heavy atom. The highest BCUT2D eigenvalue weighted by molar-refractivity contribution is 5.98. The van der Waals surface area contributed by atoms with Gasteiger partial charge in [-0.2, -0.15) is 0 Å². The van der Waals surface area contributed by atoms with Crippen molar-refractivity contribution in [1.29, 1.82) is 0 Å². The molecule has 1 atom stereocenters. The lowest BCUT2D eigenvalue weighted by molar-refractivity contribution is -0.121. The van der Waals surface area contributed by atoms with Crippen molar-refractivity contribution in [3.05, 3.63) is 29.1 Å². The van der Waals surface area contributed by atoms with E-state index < -0.39 is 46.7 Å². The van der Waals surface area contributed by atoms with Gasteiger partial charge in [0.05, 0.1) is 6.04 Å². The average Bonchev–Trinajstić information content (AvgIpc) is 2.39. The maximum atomic E-state index is 13.5. The van der Waals surface area contributed by atoms with Gasteiger partial charge < -0.3 is 10.6 Å². The molecular formula is C11H9F5N2O. The SMILES string of the molecule is NC1CCCN(c2c(F)c(F)c(F)c(F)c2F)C1=O. The zero-order valence-corrected chi connectivity index (χ0v) is 9.52. The molecule has 0 spiro atoms. The maximum absolute atomic E-state index is 13.5. The molecule has 1 amide bonds. The van der Waals surface area contributed by atoms with Crippen molar-refractivity contribution in [2.75, 3.05) is 11.4 Å². The summed E-state index contributed by atoms with van der Waals surface area (Å²) in [6.07, 6.45) is 0.608. The second-order valence-corrected chi connectivity index (χ2v) is 4.16. The lowest BCUT2D eigenvalue weighted by atomic mass is 10.0. The number of carbonyl (C=O) groups is 1. The van der Waals surface area contributed by atoms with Gasteiger partial charge in [0.25, 0.3) is 0 Å². The van der Waals surface area contributed by atoms with Crippen molar-refractivity contribution in [2.45, 2.75) is 18.9 Å². The minimum Gasteiger partial charge on any atom is -0.320 e. The number of piperidine rings is 1. The Morgan fingerprint density at radius 2 is 1.42 bits per heavy atom. The number of nitrogens with zero attached hydrogens (tertiary/aromatic N) is 1. The van der Waals surface area contributed by atoms with E-state index in [0.717, 1.165) is 0 Å². The number of rotatable bonds is 1. The van der Waals surface area contributed by atoms with Gasteiger partial charge in [-0.3, -0.25) is 4.79 Å². The van der Waals surface area contributed by atoms with Crippen molar-refractivity contribution in [1.82, 2.24) is 0 Å². The van der Waals surface area contributed by atoms with Crippen LogP contribution in [0.3, 0.4) is 0 Å². The van der Waals surface area contributed by atoms with Crippen molar-refractivity contribution in [2.24, 2.45) is 5.73 Å². The maximum Gasteiger partial charge on any atom is 0.244 e. The molecule has 1 saturated heterocycles. The van der Waals surface area contributed by atoms with E-state index in [9.17, 15) is 26.7 Å². The molecule has 104 valence electrons. The summed E-state index contributed by atoms with van der Waals surface area (Å²) < 4.78 is 66.0. The second-order valence-electron chi connectivity index (χ2n) is 4.16. The predicted molar refractivity (Wildman–Crippen MR) is 55.8 cm³/mol. The van der Waals surface area contributed by atoms with Crippen LogP contribution >= 0.6 is 0 Å². The van der Waals surface area contributed by atoms with Crippen molar-refractivity contribution >= 4 is 11.6 Å². The molecule has 19 heavy (non-hydrogen) atoms. The van der Waals surface area contributed by atoms with Crippen LogP contribution in [0.2, 0.25) is 0 Å². The molecule has 0 aliphatic carbocycles. The molecule has 0 radical (unpaired) electrons. The van der Waals surface area contributed by atoms with Gasteiger partial charge in [0.2, 0.25) is 11.7 Å². The summed E-state index contributed by atoms with van der Waals surface area (Å²) in [7, 11) is 0. The van der Waals surface area contributed by atoms with Crippen LogP contribution in [-0.4, -0.2) is 18.5 Å². The van der Waals surface area contributed by atoms with E-state index in [-0.39, 0.29) is 6.54 Å². The van der Waals surface area contributed by atoms with Gasteiger partial charge in [-0.15, -0.1) is 0 Å². The number of hydrogen-bond acceptors (Lipinski definition) is 2. The highest BCUT2D eigenvalue weighted by atomic mass is 19.2. The minimum atomic E-state index is -2.26. The molecule has 1 aliphatic heterocycles. The Labute approximate surface area is 104 Å². The third kappa shape index (κ3) is 2.05. The summed E-state index contributed by atoms with van der Waals surface area (Å²) in [5.41, 5.74) is 4.18. The summed E-state index contributed by atoms with van der Waals surface area (Å²) in [6.45, 7) is -0.148. The number of halogens is 5. The molecular weight excluding hydrogens is 271 g/mol. The summed E-state index contributed by atoms with van der Waals surface area (Å²) in [6, 6.07) is -1.01. The number of anilines is 1. The first kappa shape index (κ1) is 13.7. The Kier molecular flexibility index (Phi) is 3.44. The van der Waals surface area contributed by atoms with Crippen LogP contribution in [0, 0.1) is 29.1 Å². The first-order chi connectivity index (χ1) is 8.86. The lowest BCUT2D eigenvalue weighted by Gasteiger charge is -2.31. The normalized spacial score (nSPS) is 20.0. The summed E-state index contributed by atoms with van der Waals surface area (Å²) in [4.78, 5) is 12.2. The van der Waals surface area contributed by atoms with E-state index in [1.807, 2.05) is 0 Å². The van der Waals surface area contributed by atoms with Gasteiger partial charge >= 0.3 is 0 Å². The van der Waals surface area contributed by atoms with E-state index in [0.29, 0.717) is 17.7 Å². The number of benzene rings is 1.